The molecule has 0 aromatic heterocycles. The highest BCUT2D eigenvalue weighted by Crippen LogP contribution is 2.03. The Morgan fingerprint density at radius 1 is 1.53 bits per heavy atom. The summed E-state index contributed by atoms with van der Waals surface area (Å²) < 4.78 is 29.4. The number of nitriles is 1. The van der Waals surface area contributed by atoms with Gasteiger partial charge in [-0.1, -0.05) is 0 Å². The molecular weight excluding hydrogens is 216 g/mol. The van der Waals surface area contributed by atoms with E-state index in [-0.39, 0.29) is 24.8 Å². The summed E-state index contributed by atoms with van der Waals surface area (Å²) in [6, 6.07) is 2.00. The van der Waals surface area contributed by atoms with E-state index in [1.165, 1.54) is 11.4 Å². The zero-order chi connectivity index (χ0) is 11.9. The van der Waals surface area contributed by atoms with E-state index >= 15 is 0 Å². The van der Waals surface area contributed by atoms with Gasteiger partial charge in [-0.25, -0.2) is 12.7 Å². The van der Waals surface area contributed by atoms with Gasteiger partial charge in [-0.2, -0.15) is 5.26 Å². The average molecular weight is 234 g/mol. The Morgan fingerprint density at radius 2 is 2.13 bits per heavy atom. The Morgan fingerprint density at radius 3 is 2.60 bits per heavy atom. The van der Waals surface area contributed by atoms with Crippen LogP contribution in [-0.4, -0.2) is 45.3 Å². The average Bonchev–Trinajstić information content (AvgIpc) is 2.17. The van der Waals surface area contributed by atoms with Crippen molar-refractivity contribution in [3.63, 3.8) is 0 Å². The number of hydrogen-bond donors (Lipinski definition) is 0. The van der Waals surface area contributed by atoms with Crippen molar-refractivity contribution < 1.29 is 13.2 Å². The molecule has 0 radical (unpaired) electrons. The molecule has 88 valence electrons. The number of sulfonamides is 1. The molecule has 0 aromatic carbocycles. The molecular formula is C9H18N2O3S. The smallest absolute Gasteiger partial charge is 0.216 e. The van der Waals surface area contributed by atoms with Crippen LogP contribution in [0.2, 0.25) is 0 Å². The van der Waals surface area contributed by atoms with Crippen LogP contribution in [0.25, 0.3) is 0 Å². The van der Waals surface area contributed by atoms with Crippen molar-refractivity contribution in [3.8, 4) is 6.07 Å². The van der Waals surface area contributed by atoms with Crippen molar-refractivity contribution in [2.45, 2.75) is 13.8 Å². The Kier molecular flexibility index (Phi) is 6.48. The molecule has 15 heavy (non-hydrogen) atoms. The van der Waals surface area contributed by atoms with Crippen molar-refractivity contribution in [2.75, 3.05) is 32.6 Å². The summed E-state index contributed by atoms with van der Waals surface area (Å²) >= 11 is 0. The molecule has 0 amide bonds. The van der Waals surface area contributed by atoms with E-state index in [1.54, 1.807) is 6.92 Å². The number of ether oxygens (including phenoxy) is 1. The third kappa shape index (κ3) is 5.72. The Labute approximate surface area is 91.7 Å². The third-order valence-electron chi connectivity index (χ3n) is 1.92. The van der Waals surface area contributed by atoms with Crippen LogP contribution in [0.4, 0.5) is 0 Å². The van der Waals surface area contributed by atoms with E-state index < -0.39 is 10.0 Å². The predicted octanol–water partition coefficient (Wildman–Crippen LogP) is 0.444. The summed E-state index contributed by atoms with van der Waals surface area (Å²) in [6.45, 7) is 4.44. The largest absolute Gasteiger partial charge is 0.381 e. The van der Waals surface area contributed by atoms with Gasteiger partial charge in [0.05, 0.1) is 24.3 Å². The number of nitrogens with zero attached hydrogens (tertiary/aromatic N) is 2. The Hall–Kier alpha value is -0.640. The minimum absolute atomic E-state index is 0.0323. The van der Waals surface area contributed by atoms with Gasteiger partial charge in [0.25, 0.3) is 0 Å². The van der Waals surface area contributed by atoms with Gasteiger partial charge in [0.15, 0.2) is 0 Å². The second kappa shape index (κ2) is 6.77. The topological polar surface area (TPSA) is 70.4 Å². The molecule has 0 saturated carbocycles. The molecule has 0 N–H and O–H groups in total. The van der Waals surface area contributed by atoms with E-state index in [1.807, 2.05) is 13.0 Å². The SMILES string of the molecule is CCOCCS(=O)(=O)N(C)CC(C)C#N. The molecule has 0 aliphatic rings. The first-order valence-corrected chi connectivity index (χ1v) is 6.46. The van der Waals surface area contributed by atoms with E-state index in [9.17, 15) is 8.42 Å². The molecule has 6 heteroatoms. The predicted molar refractivity (Wildman–Crippen MR) is 57.7 cm³/mol. The quantitative estimate of drug-likeness (QED) is 0.599. The van der Waals surface area contributed by atoms with Gasteiger partial charge in [-0.05, 0) is 13.8 Å². The first kappa shape index (κ1) is 14.4. The van der Waals surface area contributed by atoms with Crippen LogP contribution in [0.5, 0.6) is 0 Å². The summed E-state index contributed by atoms with van der Waals surface area (Å²) in [7, 11) is -1.80. The second-order valence-electron chi connectivity index (χ2n) is 3.32. The van der Waals surface area contributed by atoms with E-state index in [0.717, 1.165) is 0 Å². The summed E-state index contributed by atoms with van der Waals surface area (Å²) in [5.74, 6) is -0.327. The second-order valence-corrected chi connectivity index (χ2v) is 5.52. The first-order valence-electron chi connectivity index (χ1n) is 4.85. The maximum Gasteiger partial charge on any atom is 0.216 e. The van der Waals surface area contributed by atoms with Crippen molar-refractivity contribution in [3.05, 3.63) is 0 Å². The molecule has 0 rings (SSSR count). The molecule has 0 bridgehead atoms. The highest BCUT2D eigenvalue weighted by molar-refractivity contribution is 7.89. The molecule has 0 saturated heterocycles. The molecule has 0 aromatic rings. The lowest BCUT2D eigenvalue weighted by Gasteiger charge is -2.17. The highest BCUT2D eigenvalue weighted by atomic mass is 32.2. The lowest BCUT2D eigenvalue weighted by molar-refractivity contribution is 0.162. The zero-order valence-corrected chi connectivity index (χ0v) is 10.2. The zero-order valence-electron chi connectivity index (χ0n) is 9.43. The normalized spacial score (nSPS) is 13.8. The van der Waals surface area contributed by atoms with Crippen LogP contribution in [0.3, 0.4) is 0 Å². The van der Waals surface area contributed by atoms with Crippen LogP contribution >= 0.6 is 0 Å². The molecule has 0 aliphatic carbocycles. The molecule has 0 heterocycles. The summed E-state index contributed by atoms with van der Waals surface area (Å²) in [5.41, 5.74) is 0. The standard InChI is InChI=1S/C9H18N2O3S/c1-4-14-5-6-15(12,13)11(3)8-9(2)7-10/h9H,4-6,8H2,1-3H3. The minimum atomic E-state index is -3.28. The van der Waals surface area contributed by atoms with Crippen LogP contribution in [0, 0.1) is 17.2 Å². The minimum Gasteiger partial charge on any atom is -0.381 e. The van der Waals surface area contributed by atoms with E-state index in [2.05, 4.69) is 0 Å². The third-order valence-corrected chi connectivity index (χ3v) is 3.70. The van der Waals surface area contributed by atoms with E-state index in [4.69, 9.17) is 10.00 Å². The molecule has 5 nitrogen and oxygen atoms in total. The lowest BCUT2D eigenvalue weighted by Crippen LogP contribution is -2.33. The van der Waals surface area contributed by atoms with Crippen molar-refractivity contribution >= 4 is 10.0 Å². The maximum atomic E-state index is 11.6. The molecule has 0 aliphatic heterocycles. The fraction of sp³-hybridized carbons (Fsp3) is 0.889. The lowest BCUT2D eigenvalue weighted by atomic mass is 10.2. The van der Waals surface area contributed by atoms with E-state index in [0.29, 0.717) is 6.61 Å². The van der Waals surface area contributed by atoms with Gasteiger partial charge < -0.3 is 4.74 Å². The summed E-state index contributed by atoms with van der Waals surface area (Å²) in [6.07, 6.45) is 0. The molecule has 1 atom stereocenters. The van der Waals surface area contributed by atoms with Gasteiger partial charge in [0.1, 0.15) is 0 Å². The van der Waals surface area contributed by atoms with Gasteiger partial charge in [0.2, 0.25) is 10.0 Å². The maximum absolute atomic E-state index is 11.6. The van der Waals surface area contributed by atoms with Crippen LogP contribution in [0.15, 0.2) is 0 Å². The van der Waals surface area contributed by atoms with Gasteiger partial charge in [-0.3, -0.25) is 0 Å². The van der Waals surface area contributed by atoms with Gasteiger partial charge >= 0.3 is 0 Å². The fourth-order valence-electron chi connectivity index (χ4n) is 1.00. The monoisotopic (exact) mass is 234 g/mol. The summed E-state index contributed by atoms with van der Waals surface area (Å²) in [4.78, 5) is 0. The van der Waals surface area contributed by atoms with Crippen LogP contribution in [-0.2, 0) is 14.8 Å². The van der Waals surface area contributed by atoms with Crippen molar-refractivity contribution in [1.29, 1.82) is 5.26 Å². The molecule has 0 spiro atoms. The van der Waals surface area contributed by atoms with Crippen molar-refractivity contribution in [1.82, 2.24) is 4.31 Å². The summed E-state index contributed by atoms with van der Waals surface area (Å²) in [5, 5.41) is 8.57. The first-order chi connectivity index (χ1) is 6.94. The Bertz CT molecular complexity index is 308. The van der Waals surface area contributed by atoms with Gasteiger partial charge in [-0.15, -0.1) is 0 Å². The van der Waals surface area contributed by atoms with Crippen molar-refractivity contribution in [2.24, 2.45) is 5.92 Å². The molecule has 0 fully saturated rings. The highest BCUT2D eigenvalue weighted by Gasteiger charge is 2.19. The number of hydrogen-bond acceptors (Lipinski definition) is 4. The van der Waals surface area contributed by atoms with Crippen LogP contribution < -0.4 is 0 Å². The molecule has 1 unspecified atom stereocenters. The fourth-order valence-corrected chi connectivity index (χ4v) is 2.10. The number of rotatable bonds is 7. The van der Waals surface area contributed by atoms with Crippen LogP contribution in [0.1, 0.15) is 13.8 Å². The van der Waals surface area contributed by atoms with Gasteiger partial charge in [0, 0.05) is 20.2 Å². The Balaban J connectivity index is 4.16.